The molecular formula is C34H76N2O5S. The van der Waals surface area contributed by atoms with Gasteiger partial charge in [0, 0.05) is 6.54 Å². The lowest BCUT2D eigenvalue weighted by molar-refractivity contribution is 0.0216. The van der Waals surface area contributed by atoms with E-state index in [-0.39, 0.29) is 6.15 Å². The summed E-state index contributed by atoms with van der Waals surface area (Å²) in [5.41, 5.74) is 2.09. The van der Waals surface area contributed by atoms with E-state index in [1.807, 2.05) is 0 Å². The van der Waals surface area contributed by atoms with E-state index in [2.05, 4.69) is 30.4 Å². The number of hydroxylamine groups is 1. The van der Waals surface area contributed by atoms with Crippen molar-refractivity contribution in [1.29, 1.82) is 0 Å². The normalized spacial score (nSPS) is 11.7. The van der Waals surface area contributed by atoms with Gasteiger partial charge in [0.1, 0.15) is 0 Å². The van der Waals surface area contributed by atoms with Crippen LogP contribution in [0.4, 0.5) is 0 Å². The molecule has 258 valence electrons. The van der Waals surface area contributed by atoms with Crippen LogP contribution in [-0.2, 0) is 23.6 Å². The van der Waals surface area contributed by atoms with Crippen molar-refractivity contribution in [2.45, 2.75) is 201 Å². The van der Waals surface area contributed by atoms with E-state index in [1.54, 1.807) is 13.8 Å². The molecule has 0 heterocycles. The summed E-state index contributed by atoms with van der Waals surface area (Å²) >= 11 is 0. The predicted molar refractivity (Wildman–Crippen MR) is 183 cm³/mol. The Balaban J connectivity index is -0.000000715. The standard InChI is InChI=1S/C22H46.C12H27NO5S.H3N/c1-3-5-7-9-11-13-15-17-19-21-22-20-18-16-14-12-10-8-6-4-2;1-5-6-7-10-13-17-11-8-9-12(2,3)18-19(14,15)16-4;/h3-22H2,1-2H3;13H,5-11H2,1-4H3;1H3. The van der Waals surface area contributed by atoms with E-state index in [0.29, 0.717) is 19.4 Å². The van der Waals surface area contributed by atoms with Crippen LogP contribution in [0.3, 0.4) is 0 Å². The van der Waals surface area contributed by atoms with Gasteiger partial charge in [0.05, 0.1) is 19.3 Å². The molecule has 7 nitrogen and oxygen atoms in total. The summed E-state index contributed by atoms with van der Waals surface area (Å²) in [6, 6.07) is 0. The Morgan fingerprint density at radius 1 is 0.548 bits per heavy atom. The predicted octanol–water partition coefficient (Wildman–Crippen LogP) is 11.2. The summed E-state index contributed by atoms with van der Waals surface area (Å²) in [7, 11) is -2.81. The highest BCUT2D eigenvalue weighted by Gasteiger charge is 2.26. The molecule has 0 fully saturated rings. The van der Waals surface area contributed by atoms with E-state index in [0.717, 1.165) is 20.1 Å². The molecule has 0 aliphatic heterocycles. The fraction of sp³-hybridized carbons (Fsp3) is 1.00. The van der Waals surface area contributed by atoms with Crippen LogP contribution in [0, 0.1) is 0 Å². The Labute approximate surface area is 264 Å². The van der Waals surface area contributed by atoms with Gasteiger partial charge in [-0.2, -0.15) is 8.42 Å². The summed E-state index contributed by atoms with van der Waals surface area (Å²) < 4.78 is 31.5. The maximum absolute atomic E-state index is 11.2. The summed E-state index contributed by atoms with van der Waals surface area (Å²) in [4.78, 5) is 5.25. The van der Waals surface area contributed by atoms with E-state index in [4.69, 9.17) is 9.02 Å². The van der Waals surface area contributed by atoms with Crippen molar-refractivity contribution in [2.75, 3.05) is 20.3 Å². The second-order valence-corrected chi connectivity index (χ2v) is 13.7. The van der Waals surface area contributed by atoms with Gasteiger partial charge >= 0.3 is 10.4 Å². The molecule has 8 heteroatoms. The molecule has 0 amide bonds. The van der Waals surface area contributed by atoms with E-state index >= 15 is 0 Å². The second kappa shape index (κ2) is 35.2. The molecule has 0 aliphatic carbocycles. The van der Waals surface area contributed by atoms with Crippen molar-refractivity contribution in [1.82, 2.24) is 11.6 Å². The quantitative estimate of drug-likeness (QED) is 0.0583. The molecule has 0 atom stereocenters. The topological polar surface area (TPSA) is 109 Å². The van der Waals surface area contributed by atoms with Gasteiger partial charge in [0.25, 0.3) is 0 Å². The lowest BCUT2D eigenvalue weighted by atomic mass is 10.0. The van der Waals surface area contributed by atoms with E-state index < -0.39 is 16.0 Å². The van der Waals surface area contributed by atoms with Crippen LogP contribution in [0.25, 0.3) is 0 Å². The van der Waals surface area contributed by atoms with Gasteiger partial charge in [-0.25, -0.2) is 9.66 Å². The molecular weight excluding hydrogens is 548 g/mol. The van der Waals surface area contributed by atoms with Crippen LogP contribution in [0.1, 0.15) is 195 Å². The smallest absolute Gasteiger partial charge is 0.344 e. The lowest BCUT2D eigenvalue weighted by Crippen LogP contribution is -2.29. The maximum atomic E-state index is 11.2. The number of rotatable bonds is 31. The van der Waals surface area contributed by atoms with Gasteiger partial charge in [-0.15, -0.1) is 0 Å². The molecule has 42 heavy (non-hydrogen) atoms. The Bertz CT molecular complexity index is 583. The Kier molecular flexibility index (Phi) is 38.7. The third-order valence-electron chi connectivity index (χ3n) is 7.50. The third kappa shape index (κ3) is 39.8. The molecule has 0 rings (SSSR count). The number of unbranched alkanes of at least 4 members (excludes halogenated alkanes) is 21. The van der Waals surface area contributed by atoms with Crippen LogP contribution < -0.4 is 11.6 Å². The van der Waals surface area contributed by atoms with Crippen LogP contribution in [0.2, 0.25) is 0 Å². The molecule has 0 radical (unpaired) electrons. The molecule has 0 saturated carbocycles. The molecule has 0 aromatic carbocycles. The molecule has 0 bridgehead atoms. The van der Waals surface area contributed by atoms with Crippen LogP contribution in [-0.4, -0.2) is 34.3 Å². The molecule has 4 N–H and O–H groups in total. The zero-order valence-corrected chi connectivity index (χ0v) is 30.1. The first-order chi connectivity index (χ1) is 19.7. The van der Waals surface area contributed by atoms with Gasteiger partial charge in [0.15, 0.2) is 0 Å². The molecule has 0 aromatic heterocycles. The zero-order chi connectivity index (χ0) is 30.9. The first-order valence-electron chi connectivity index (χ1n) is 17.6. The zero-order valence-electron chi connectivity index (χ0n) is 29.2. The minimum absolute atomic E-state index is 0. The summed E-state index contributed by atoms with van der Waals surface area (Å²) in [6.45, 7) is 11.5. The average Bonchev–Trinajstić information content (AvgIpc) is 2.93. The van der Waals surface area contributed by atoms with E-state index in [9.17, 15) is 8.42 Å². The van der Waals surface area contributed by atoms with Crippen LogP contribution in [0.5, 0.6) is 0 Å². The van der Waals surface area contributed by atoms with Crippen LogP contribution >= 0.6 is 0 Å². The SMILES string of the molecule is CCCCCCCCCCCCCCCCCCCCCC.CCCCCNOCCCC(C)(C)OS(=O)(=O)OC.N. The lowest BCUT2D eigenvalue weighted by Gasteiger charge is -2.23. The Morgan fingerprint density at radius 2 is 0.881 bits per heavy atom. The minimum Gasteiger partial charge on any atom is -0.344 e. The molecule has 0 spiro atoms. The van der Waals surface area contributed by atoms with Crippen molar-refractivity contribution >= 4 is 10.4 Å². The Morgan fingerprint density at radius 3 is 1.21 bits per heavy atom. The van der Waals surface area contributed by atoms with Crippen molar-refractivity contribution < 1.29 is 21.6 Å². The van der Waals surface area contributed by atoms with Gasteiger partial charge in [-0.3, -0.25) is 4.18 Å². The van der Waals surface area contributed by atoms with Gasteiger partial charge in [0.2, 0.25) is 0 Å². The van der Waals surface area contributed by atoms with Gasteiger partial charge < -0.3 is 11.0 Å². The van der Waals surface area contributed by atoms with Crippen LogP contribution in [0.15, 0.2) is 0 Å². The second-order valence-electron chi connectivity index (χ2n) is 12.3. The first-order valence-corrected chi connectivity index (χ1v) is 18.9. The Hall–Kier alpha value is -0.250. The summed E-state index contributed by atoms with van der Waals surface area (Å²) in [5, 5.41) is 0. The average molecular weight is 625 g/mol. The van der Waals surface area contributed by atoms with Gasteiger partial charge in [-0.1, -0.05) is 162 Å². The van der Waals surface area contributed by atoms with Crippen molar-refractivity contribution in [3.63, 3.8) is 0 Å². The molecule has 0 saturated heterocycles. The maximum Gasteiger partial charge on any atom is 0.400 e. The third-order valence-corrected chi connectivity index (χ3v) is 8.56. The largest absolute Gasteiger partial charge is 0.400 e. The summed E-state index contributed by atoms with van der Waals surface area (Å²) in [6.07, 6.45) is 34.1. The molecule has 0 unspecified atom stereocenters. The van der Waals surface area contributed by atoms with Gasteiger partial charge in [-0.05, 0) is 33.1 Å². The first kappa shape index (κ1) is 46.2. The fourth-order valence-electron chi connectivity index (χ4n) is 4.84. The van der Waals surface area contributed by atoms with Crippen molar-refractivity contribution in [3.05, 3.63) is 0 Å². The monoisotopic (exact) mass is 625 g/mol. The number of hydrogen-bond donors (Lipinski definition) is 2. The van der Waals surface area contributed by atoms with Crippen molar-refractivity contribution in [3.8, 4) is 0 Å². The fourth-order valence-corrected chi connectivity index (χ4v) is 5.55. The highest BCUT2D eigenvalue weighted by Crippen LogP contribution is 2.20. The highest BCUT2D eigenvalue weighted by molar-refractivity contribution is 7.81. The molecule has 0 aromatic rings. The minimum atomic E-state index is -3.89. The van der Waals surface area contributed by atoms with E-state index in [1.165, 1.54) is 141 Å². The summed E-state index contributed by atoms with van der Waals surface area (Å²) in [5.74, 6) is 0. The number of hydrogen-bond acceptors (Lipinski definition) is 7. The van der Waals surface area contributed by atoms with Crippen molar-refractivity contribution in [2.24, 2.45) is 0 Å². The number of nitrogens with one attached hydrogen (secondary N) is 1. The molecule has 0 aliphatic rings. The highest BCUT2D eigenvalue weighted by atomic mass is 32.3.